The van der Waals surface area contributed by atoms with Crippen LogP contribution in [0.2, 0.25) is 0 Å². The predicted octanol–water partition coefficient (Wildman–Crippen LogP) is 14.4. The van der Waals surface area contributed by atoms with Crippen LogP contribution in [-0.4, -0.2) is 19.5 Å². The molecule has 0 aliphatic carbocycles. The molecule has 0 saturated carbocycles. The van der Waals surface area contributed by atoms with E-state index in [1.54, 1.807) is 0 Å². The number of furan rings is 1. The Morgan fingerprint density at radius 3 is 1.73 bits per heavy atom. The summed E-state index contributed by atoms with van der Waals surface area (Å²) in [6.07, 6.45) is 0. The summed E-state index contributed by atoms with van der Waals surface area (Å²) < 4.78 is 9.03. The van der Waals surface area contributed by atoms with Gasteiger partial charge in [0.25, 0.3) is 0 Å². The summed E-state index contributed by atoms with van der Waals surface area (Å²) in [6.45, 7) is 0. The first-order valence-electron chi connectivity index (χ1n) is 20.2. The molecule has 60 heavy (non-hydrogen) atoms. The third-order valence-electron chi connectivity index (χ3n) is 11.6. The van der Waals surface area contributed by atoms with Gasteiger partial charge in [-0.15, -0.1) is 0 Å². The molecule has 4 heterocycles. The van der Waals surface area contributed by atoms with Crippen molar-refractivity contribution in [3.8, 4) is 62.0 Å². The van der Waals surface area contributed by atoms with Gasteiger partial charge in [0.05, 0.1) is 27.9 Å². The molecular formula is C55H34N4O. The van der Waals surface area contributed by atoms with Crippen molar-refractivity contribution in [3.05, 3.63) is 206 Å². The molecule has 280 valence electrons. The minimum atomic E-state index is 0.629. The first-order chi connectivity index (χ1) is 29.7. The second-order valence-corrected chi connectivity index (χ2v) is 15.2. The van der Waals surface area contributed by atoms with Crippen molar-refractivity contribution in [2.45, 2.75) is 0 Å². The maximum atomic E-state index is 6.69. The third kappa shape index (κ3) is 5.59. The van der Waals surface area contributed by atoms with Gasteiger partial charge in [0.1, 0.15) is 11.3 Å². The van der Waals surface area contributed by atoms with Gasteiger partial charge in [-0.1, -0.05) is 152 Å². The van der Waals surface area contributed by atoms with Crippen molar-refractivity contribution in [3.63, 3.8) is 0 Å². The zero-order valence-corrected chi connectivity index (χ0v) is 32.3. The quantitative estimate of drug-likeness (QED) is 0.169. The molecule has 0 spiro atoms. The summed E-state index contributed by atoms with van der Waals surface area (Å²) in [6, 6.07) is 71.9. The smallest absolute Gasteiger partial charge is 0.162 e. The molecular weight excluding hydrogens is 733 g/mol. The Kier molecular flexibility index (Phi) is 7.78. The molecule has 0 saturated heterocycles. The number of pyridine rings is 1. The van der Waals surface area contributed by atoms with E-state index in [1.165, 1.54) is 21.8 Å². The highest BCUT2D eigenvalue weighted by atomic mass is 16.3. The van der Waals surface area contributed by atoms with Crippen molar-refractivity contribution in [1.29, 1.82) is 0 Å². The molecule has 8 aromatic carbocycles. The Hall–Kier alpha value is -8.15. The fourth-order valence-corrected chi connectivity index (χ4v) is 8.78. The van der Waals surface area contributed by atoms with Crippen LogP contribution < -0.4 is 0 Å². The van der Waals surface area contributed by atoms with Crippen LogP contribution in [-0.2, 0) is 0 Å². The second kappa shape index (κ2) is 13.8. The molecule has 0 atom stereocenters. The zero-order chi connectivity index (χ0) is 39.6. The van der Waals surface area contributed by atoms with Crippen LogP contribution in [0.25, 0.3) is 117 Å². The summed E-state index contributed by atoms with van der Waals surface area (Å²) in [7, 11) is 0. The number of aromatic nitrogens is 4. The number of nitrogens with zero attached hydrogens (tertiary/aromatic N) is 4. The Morgan fingerprint density at radius 1 is 0.367 bits per heavy atom. The molecule has 0 bridgehead atoms. The zero-order valence-electron chi connectivity index (χ0n) is 32.3. The maximum absolute atomic E-state index is 6.69. The largest absolute Gasteiger partial charge is 0.454 e. The average Bonchev–Trinajstić information content (AvgIpc) is 3.88. The molecule has 4 aromatic heterocycles. The van der Waals surface area contributed by atoms with Crippen molar-refractivity contribution < 1.29 is 4.42 Å². The van der Waals surface area contributed by atoms with Gasteiger partial charge < -0.3 is 8.98 Å². The Balaban J connectivity index is 1.02. The molecule has 12 aromatic rings. The highest BCUT2D eigenvalue weighted by Crippen LogP contribution is 2.41. The van der Waals surface area contributed by atoms with E-state index in [0.29, 0.717) is 5.82 Å². The summed E-state index contributed by atoms with van der Waals surface area (Å²) >= 11 is 0. The van der Waals surface area contributed by atoms with Gasteiger partial charge in [-0.2, -0.15) is 0 Å². The lowest BCUT2D eigenvalue weighted by molar-refractivity contribution is 0.669. The molecule has 5 heteroatoms. The van der Waals surface area contributed by atoms with E-state index in [0.717, 1.165) is 89.0 Å². The first kappa shape index (κ1) is 33.9. The van der Waals surface area contributed by atoms with Gasteiger partial charge in [0, 0.05) is 54.9 Å². The number of hydrogen-bond donors (Lipinski definition) is 0. The number of fused-ring (bicyclic) bond motifs is 8. The van der Waals surface area contributed by atoms with Gasteiger partial charge in [-0.3, -0.25) is 0 Å². The fourth-order valence-electron chi connectivity index (χ4n) is 8.78. The van der Waals surface area contributed by atoms with E-state index in [-0.39, 0.29) is 0 Å². The van der Waals surface area contributed by atoms with Gasteiger partial charge in [-0.25, -0.2) is 15.0 Å². The van der Waals surface area contributed by atoms with Crippen LogP contribution in [0.15, 0.2) is 211 Å². The minimum Gasteiger partial charge on any atom is -0.454 e. The van der Waals surface area contributed by atoms with Crippen molar-refractivity contribution in [2.24, 2.45) is 0 Å². The fraction of sp³-hybridized carbons (Fsp3) is 0. The highest BCUT2D eigenvalue weighted by molar-refractivity contribution is 6.21. The van der Waals surface area contributed by atoms with Crippen LogP contribution in [0, 0.1) is 0 Å². The summed E-state index contributed by atoms with van der Waals surface area (Å²) in [5.41, 5.74) is 14.5. The van der Waals surface area contributed by atoms with Crippen LogP contribution >= 0.6 is 0 Å². The number of para-hydroxylation sites is 3. The minimum absolute atomic E-state index is 0.629. The standard InChI is InChI=1S/C55H34N4O/c1-3-15-35(16-4-1)37-29-30-46-45(33-37)52-44-25-9-12-28-51(44)60-54(52)53(56-46)39-20-13-21-40(31-39)55-57-47(36-17-5-2-6-18-36)34-48(58-55)38-19-14-22-41(32-38)59-49-26-10-7-23-42(49)43-24-8-11-27-50(43)59/h1-34H. The second-order valence-electron chi connectivity index (χ2n) is 15.2. The molecule has 0 unspecified atom stereocenters. The number of hydrogen-bond acceptors (Lipinski definition) is 4. The lowest BCUT2D eigenvalue weighted by atomic mass is 9.98. The maximum Gasteiger partial charge on any atom is 0.162 e. The monoisotopic (exact) mass is 766 g/mol. The van der Waals surface area contributed by atoms with Gasteiger partial charge in [0.15, 0.2) is 11.4 Å². The average molecular weight is 767 g/mol. The molecule has 0 aliphatic rings. The highest BCUT2D eigenvalue weighted by Gasteiger charge is 2.20. The lowest BCUT2D eigenvalue weighted by Crippen LogP contribution is -1.98. The molecule has 0 amide bonds. The van der Waals surface area contributed by atoms with Crippen LogP contribution in [0.1, 0.15) is 0 Å². The van der Waals surface area contributed by atoms with Crippen molar-refractivity contribution >= 4 is 54.6 Å². The number of rotatable bonds is 6. The van der Waals surface area contributed by atoms with E-state index in [2.05, 4.69) is 174 Å². The predicted molar refractivity (Wildman–Crippen MR) is 246 cm³/mol. The lowest BCUT2D eigenvalue weighted by Gasteiger charge is -2.13. The van der Waals surface area contributed by atoms with Crippen molar-refractivity contribution in [2.75, 3.05) is 0 Å². The van der Waals surface area contributed by atoms with Crippen LogP contribution in [0.4, 0.5) is 0 Å². The molecule has 0 fully saturated rings. The van der Waals surface area contributed by atoms with Gasteiger partial charge in [-0.05, 0) is 65.7 Å². The first-order valence-corrected chi connectivity index (χ1v) is 20.2. The normalized spacial score (nSPS) is 11.7. The topological polar surface area (TPSA) is 56.7 Å². The van der Waals surface area contributed by atoms with E-state index in [9.17, 15) is 0 Å². The third-order valence-corrected chi connectivity index (χ3v) is 11.6. The Bertz CT molecular complexity index is 3550. The van der Waals surface area contributed by atoms with E-state index in [1.807, 2.05) is 36.4 Å². The summed E-state index contributed by atoms with van der Waals surface area (Å²) in [5.74, 6) is 0.629. The molecule has 0 aliphatic heterocycles. The molecule has 0 N–H and O–H groups in total. The van der Waals surface area contributed by atoms with Gasteiger partial charge in [0.2, 0.25) is 0 Å². The van der Waals surface area contributed by atoms with Crippen molar-refractivity contribution in [1.82, 2.24) is 19.5 Å². The molecule has 5 nitrogen and oxygen atoms in total. The molecule has 12 rings (SSSR count). The Morgan fingerprint density at radius 2 is 0.967 bits per heavy atom. The summed E-state index contributed by atoms with van der Waals surface area (Å²) in [4.78, 5) is 15.8. The Labute approximate surface area is 345 Å². The van der Waals surface area contributed by atoms with Gasteiger partial charge >= 0.3 is 0 Å². The SMILES string of the molecule is c1ccc(-c2ccc3nc(-c4cccc(-c5nc(-c6ccccc6)cc(-c6cccc(-n7c8ccccc8c8ccccc87)c6)n5)c4)c4oc5ccccc5c4c3c2)cc1. The van der Waals surface area contributed by atoms with E-state index < -0.39 is 0 Å². The molecule has 0 radical (unpaired) electrons. The summed E-state index contributed by atoms with van der Waals surface area (Å²) in [5, 5.41) is 5.64. The number of benzene rings is 8. The van der Waals surface area contributed by atoms with E-state index in [4.69, 9.17) is 19.4 Å². The van der Waals surface area contributed by atoms with Crippen LogP contribution in [0.3, 0.4) is 0 Å². The van der Waals surface area contributed by atoms with Crippen LogP contribution in [0.5, 0.6) is 0 Å². The van der Waals surface area contributed by atoms with E-state index >= 15 is 0 Å².